The monoisotopic (exact) mass is 381 g/mol. The average molecular weight is 382 g/mol. The van der Waals surface area contributed by atoms with E-state index in [0.29, 0.717) is 6.54 Å². The van der Waals surface area contributed by atoms with Crippen LogP contribution >= 0.6 is 11.3 Å². The van der Waals surface area contributed by atoms with Crippen molar-refractivity contribution in [2.24, 2.45) is 5.14 Å². The lowest BCUT2D eigenvalue weighted by Crippen LogP contribution is -2.37. The van der Waals surface area contributed by atoms with Crippen LogP contribution in [0.4, 0.5) is 0 Å². The van der Waals surface area contributed by atoms with E-state index in [2.05, 4.69) is 11.4 Å². The van der Waals surface area contributed by atoms with Gasteiger partial charge >= 0.3 is 0 Å². The van der Waals surface area contributed by atoms with Gasteiger partial charge < -0.3 is 5.32 Å². The van der Waals surface area contributed by atoms with Crippen LogP contribution in [0, 0.1) is 0 Å². The van der Waals surface area contributed by atoms with E-state index in [1.807, 2.05) is 30.3 Å². The van der Waals surface area contributed by atoms with E-state index < -0.39 is 10.0 Å². The number of carbonyl (C=O) groups excluding carboxylic acids is 1. The molecule has 0 aliphatic rings. The number of carbonyl (C=O) groups is 1. The Bertz CT molecular complexity index is 787. The van der Waals surface area contributed by atoms with Gasteiger partial charge in [-0.3, -0.25) is 9.69 Å². The number of nitrogens with zero attached hydrogens (tertiary/aromatic N) is 1. The van der Waals surface area contributed by atoms with Gasteiger partial charge in [0, 0.05) is 17.5 Å². The van der Waals surface area contributed by atoms with E-state index >= 15 is 0 Å². The number of nitrogens with one attached hydrogen (secondary N) is 1. The van der Waals surface area contributed by atoms with Crippen molar-refractivity contribution in [3.63, 3.8) is 0 Å². The molecule has 1 aromatic heterocycles. The van der Waals surface area contributed by atoms with Crippen LogP contribution in [0.15, 0.2) is 46.7 Å². The molecule has 0 aliphatic heterocycles. The fourth-order valence-corrected chi connectivity index (χ4v) is 3.61. The molecule has 0 saturated carbocycles. The Kier molecular flexibility index (Phi) is 6.71. The molecule has 0 fully saturated rings. The van der Waals surface area contributed by atoms with Crippen LogP contribution in [0.2, 0.25) is 0 Å². The zero-order valence-electron chi connectivity index (χ0n) is 14.3. The molecule has 6 nitrogen and oxygen atoms in total. The lowest BCUT2D eigenvalue weighted by molar-refractivity contribution is -0.122. The van der Waals surface area contributed by atoms with Gasteiger partial charge in [-0.25, -0.2) is 13.6 Å². The molecule has 0 unspecified atom stereocenters. The highest BCUT2D eigenvalue weighted by Gasteiger charge is 2.16. The third kappa shape index (κ3) is 5.93. The number of benzene rings is 1. The first kappa shape index (κ1) is 19.6. The highest BCUT2D eigenvalue weighted by atomic mass is 32.2. The summed E-state index contributed by atoms with van der Waals surface area (Å²) in [7, 11) is -1.83. The van der Waals surface area contributed by atoms with Crippen LogP contribution < -0.4 is 10.5 Å². The largest absolute Gasteiger partial charge is 0.355 e. The molecule has 1 heterocycles. The molecule has 1 amide bonds. The van der Waals surface area contributed by atoms with Crippen molar-refractivity contribution in [3.05, 3.63) is 52.2 Å². The van der Waals surface area contributed by atoms with Crippen LogP contribution in [0.25, 0.3) is 0 Å². The molecule has 1 atom stereocenters. The summed E-state index contributed by atoms with van der Waals surface area (Å²) >= 11 is 1.68. The summed E-state index contributed by atoms with van der Waals surface area (Å²) < 4.78 is 22.6. The maximum atomic E-state index is 12.1. The molecule has 3 N–H and O–H groups in total. The number of likely N-dealkylation sites (N-methyl/N-ethyl adjacent to an activating group) is 1. The number of thiophene rings is 1. The van der Waals surface area contributed by atoms with E-state index in [9.17, 15) is 13.2 Å². The first-order chi connectivity index (χ1) is 11.8. The predicted octanol–water partition coefficient (Wildman–Crippen LogP) is 1.75. The second-order valence-corrected chi connectivity index (χ2v) is 8.48. The van der Waals surface area contributed by atoms with Gasteiger partial charge in [-0.2, -0.15) is 0 Å². The molecule has 0 aliphatic carbocycles. The average Bonchev–Trinajstić information content (AvgIpc) is 3.06. The van der Waals surface area contributed by atoms with Gasteiger partial charge in [0.05, 0.1) is 11.4 Å². The van der Waals surface area contributed by atoms with Crippen LogP contribution in [-0.2, 0) is 21.2 Å². The van der Waals surface area contributed by atoms with Crippen LogP contribution in [0.3, 0.4) is 0 Å². The van der Waals surface area contributed by atoms with Crippen molar-refractivity contribution in [2.75, 3.05) is 20.1 Å². The van der Waals surface area contributed by atoms with Crippen molar-refractivity contribution in [3.8, 4) is 0 Å². The molecule has 136 valence electrons. The van der Waals surface area contributed by atoms with Gasteiger partial charge in [-0.05, 0) is 49.5 Å². The second-order valence-electron chi connectivity index (χ2n) is 5.88. The minimum absolute atomic E-state index is 0.0300. The molecular formula is C17H23N3O3S2. The van der Waals surface area contributed by atoms with Gasteiger partial charge in [-0.1, -0.05) is 18.2 Å². The van der Waals surface area contributed by atoms with Gasteiger partial charge in [-0.15, -0.1) is 11.3 Å². The molecule has 2 aromatic rings. The Labute approximate surface area is 152 Å². The molecule has 0 spiro atoms. The van der Waals surface area contributed by atoms with E-state index in [1.165, 1.54) is 17.0 Å². The van der Waals surface area contributed by atoms with Gasteiger partial charge in [0.1, 0.15) is 0 Å². The number of hydrogen-bond donors (Lipinski definition) is 2. The highest BCUT2D eigenvalue weighted by Crippen LogP contribution is 2.20. The number of rotatable bonds is 8. The molecule has 0 bridgehead atoms. The summed E-state index contributed by atoms with van der Waals surface area (Å²) in [4.78, 5) is 15.3. The van der Waals surface area contributed by atoms with E-state index in [1.54, 1.807) is 23.5 Å². The summed E-state index contributed by atoms with van der Waals surface area (Å²) in [5.41, 5.74) is 0.918. The topological polar surface area (TPSA) is 92.5 Å². The SMILES string of the molecule is C[C@H](c1ccc(S(N)(=O)=O)cc1)N(C)CC(=O)NCCc1cccs1. The van der Waals surface area contributed by atoms with E-state index in [4.69, 9.17) is 5.14 Å². The third-order valence-corrected chi connectivity index (χ3v) is 5.88. The molecular weight excluding hydrogens is 358 g/mol. The Morgan fingerprint density at radius 2 is 1.96 bits per heavy atom. The fourth-order valence-electron chi connectivity index (χ4n) is 2.39. The number of hydrogen-bond acceptors (Lipinski definition) is 5. The zero-order valence-corrected chi connectivity index (χ0v) is 15.9. The molecule has 0 saturated heterocycles. The molecule has 1 aromatic carbocycles. The quantitative estimate of drug-likeness (QED) is 0.729. The number of primary sulfonamides is 1. The Balaban J connectivity index is 1.84. The summed E-state index contributed by atoms with van der Waals surface area (Å²) in [6, 6.07) is 10.4. The second kappa shape index (κ2) is 8.57. The van der Waals surface area contributed by atoms with Crippen molar-refractivity contribution in [2.45, 2.75) is 24.3 Å². The van der Waals surface area contributed by atoms with Crippen molar-refractivity contribution < 1.29 is 13.2 Å². The minimum Gasteiger partial charge on any atom is -0.355 e. The van der Waals surface area contributed by atoms with Crippen LogP contribution in [0.1, 0.15) is 23.4 Å². The smallest absolute Gasteiger partial charge is 0.238 e. The van der Waals surface area contributed by atoms with Crippen molar-refractivity contribution in [1.82, 2.24) is 10.2 Å². The first-order valence-electron chi connectivity index (χ1n) is 7.89. The maximum absolute atomic E-state index is 12.1. The van der Waals surface area contributed by atoms with Gasteiger partial charge in [0.25, 0.3) is 0 Å². The first-order valence-corrected chi connectivity index (χ1v) is 10.3. The molecule has 2 rings (SSSR count). The number of sulfonamides is 1. The normalized spacial score (nSPS) is 13.0. The fraction of sp³-hybridized carbons (Fsp3) is 0.353. The van der Waals surface area contributed by atoms with Gasteiger partial charge in [0.15, 0.2) is 0 Å². The highest BCUT2D eigenvalue weighted by molar-refractivity contribution is 7.89. The van der Waals surface area contributed by atoms with Crippen LogP contribution in [-0.4, -0.2) is 39.4 Å². The number of nitrogens with two attached hydrogens (primary N) is 1. The summed E-state index contributed by atoms with van der Waals surface area (Å²) in [5, 5.41) is 10.0. The van der Waals surface area contributed by atoms with Gasteiger partial charge in [0.2, 0.25) is 15.9 Å². The molecule has 0 radical (unpaired) electrons. The third-order valence-electron chi connectivity index (χ3n) is 4.02. The lowest BCUT2D eigenvalue weighted by Gasteiger charge is -2.24. The van der Waals surface area contributed by atoms with Crippen molar-refractivity contribution >= 4 is 27.3 Å². The predicted molar refractivity (Wildman–Crippen MR) is 99.9 cm³/mol. The van der Waals surface area contributed by atoms with E-state index in [-0.39, 0.29) is 23.4 Å². The minimum atomic E-state index is -3.69. The summed E-state index contributed by atoms with van der Waals surface area (Å²) in [5.74, 6) is -0.0351. The Hall–Kier alpha value is -1.74. The molecule has 25 heavy (non-hydrogen) atoms. The molecule has 8 heteroatoms. The van der Waals surface area contributed by atoms with Crippen LogP contribution in [0.5, 0.6) is 0 Å². The standard InChI is InChI=1S/C17H23N3O3S2/c1-13(14-5-7-16(8-6-14)25(18,22)23)20(2)12-17(21)19-10-9-15-4-3-11-24-15/h3-8,11,13H,9-10,12H2,1-2H3,(H,19,21)(H2,18,22,23)/t13-/m1/s1. The van der Waals surface area contributed by atoms with Crippen molar-refractivity contribution in [1.29, 1.82) is 0 Å². The number of amides is 1. The Morgan fingerprint density at radius 3 is 2.52 bits per heavy atom. The van der Waals surface area contributed by atoms with E-state index in [0.717, 1.165) is 12.0 Å². The maximum Gasteiger partial charge on any atom is 0.238 e. The summed E-state index contributed by atoms with van der Waals surface area (Å²) in [6.07, 6.45) is 0.831. The Morgan fingerprint density at radius 1 is 1.28 bits per heavy atom. The zero-order chi connectivity index (χ0) is 18.4. The lowest BCUT2D eigenvalue weighted by atomic mass is 10.1. The summed E-state index contributed by atoms with van der Waals surface area (Å²) in [6.45, 7) is 2.85.